The molecule has 29 heavy (non-hydrogen) atoms. The van der Waals surface area contributed by atoms with Gasteiger partial charge in [0.05, 0.1) is 0 Å². The summed E-state index contributed by atoms with van der Waals surface area (Å²) in [7, 11) is 0. The molecule has 1 aromatic carbocycles. The van der Waals surface area contributed by atoms with E-state index in [-0.39, 0.29) is 23.4 Å². The molecule has 0 bridgehead atoms. The van der Waals surface area contributed by atoms with Gasteiger partial charge in [-0.05, 0) is 57.6 Å². The minimum absolute atomic E-state index is 0.221. The molecule has 0 aliphatic heterocycles. The van der Waals surface area contributed by atoms with Crippen molar-refractivity contribution < 1.29 is 23.8 Å². The zero-order chi connectivity index (χ0) is 22.0. The predicted molar refractivity (Wildman–Crippen MR) is 115 cm³/mol. The minimum atomic E-state index is -0.395. The largest absolute Gasteiger partial charge is 0.488 e. The predicted octanol–water partition coefficient (Wildman–Crippen LogP) is 6.33. The highest BCUT2D eigenvalue weighted by Crippen LogP contribution is 2.34. The first-order valence-electron chi connectivity index (χ1n) is 10.7. The lowest BCUT2D eigenvalue weighted by molar-refractivity contribution is -0.137. The van der Waals surface area contributed by atoms with Gasteiger partial charge in [-0.2, -0.15) is 0 Å². The zero-order valence-corrected chi connectivity index (χ0v) is 19.2. The maximum absolute atomic E-state index is 12.3. The van der Waals surface area contributed by atoms with Crippen LogP contribution in [0.5, 0.6) is 17.2 Å². The zero-order valence-electron chi connectivity index (χ0n) is 19.2. The van der Waals surface area contributed by atoms with Crippen LogP contribution in [-0.4, -0.2) is 17.5 Å². The lowest BCUT2D eigenvalue weighted by Crippen LogP contribution is -2.23. The summed E-state index contributed by atoms with van der Waals surface area (Å²) >= 11 is 0. The average molecular weight is 407 g/mol. The van der Waals surface area contributed by atoms with Gasteiger partial charge in [0.1, 0.15) is 11.4 Å². The van der Waals surface area contributed by atoms with Crippen LogP contribution in [0.3, 0.4) is 0 Å². The van der Waals surface area contributed by atoms with Gasteiger partial charge < -0.3 is 14.2 Å². The Labute approximate surface area is 176 Å². The molecule has 1 aromatic rings. The van der Waals surface area contributed by atoms with Gasteiger partial charge in [-0.25, -0.2) is 0 Å². The van der Waals surface area contributed by atoms with Crippen molar-refractivity contribution in [2.45, 2.75) is 92.6 Å². The summed E-state index contributed by atoms with van der Waals surface area (Å²) in [6.07, 6.45) is 4.11. The van der Waals surface area contributed by atoms with E-state index in [9.17, 15) is 9.59 Å². The summed E-state index contributed by atoms with van der Waals surface area (Å²) in [5.74, 6) is 1.44. The lowest BCUT2D eigenvalue weighted by atomic mass is 10.1. The number of hydrogen-bond acceptors (Lipinski definition) is 5. The SMILES string of the molecule is CC(C)CCCC(=O)Oc1ccc(OC(C)(C)C)cc1OC(=O)CCCC(C)C. The topological polar surface area (TPSA) is 61.8 Å². The van der Waals surface area contributed by atoms with Crippen LogP contribution in [0.15, 0.2) is 18.2 Å². The van der Waals surface area contributed by atoms with Gasteiger partial charge in [-0.1, -0.05) is 40.5 Å². The fourth-order valence-corrected chi connectivity index (χ4v) is 2.73. The minimum Gasteiger partial charge on any atom is -0.488 e. The Kier molecular flexibility index (Phi) is 10.2. The third-order valence-electron chi connectivity index (χ3n) is 4.11. The molecule has 0 unspecified atom stereocenters. The molecule has 0 saturated heterocycles. The van der Waals surface area contributed by atoms with Gasteiger partial charge in [0.2, 0.25) is 0 Å². The number of esters is 2. The number of ether oxygens (including phenoxy) is 3. The first-order valence-corrected chi connectivity index (χ1v) is 10.7. The maximum atomic E-state index is 12.3. The maximum Gasteiger partial charge on any atom is 0.311 e. The third kappa shape index (κ3) is 11.5. The summed E-state index contributed by atoms with van der Waals surface area (Å²) in [5.41, 5.74) is -0.395. The van der Waals surface area contributed by atoms with Crippen molar-refractivity contribution in [1.82, 2.24) is 0 Å². The highest BCUT2D eigenvalue weighted by molar-refractivity contribution is 5.76. The fraction of sp³-hybridized carbons (Fsp3) is 0.667. The van der Waals surface area contributed by atoms with Crippen molar-refractivity contribution in [1.29, 1.82) is 0 Å². The third-order valence-corrected chi connectivity index (χ3v) is 4.11. The van der Waals surface area contributed by atoms with Crippen molar-refractivity contribution >= 4 is 11.9 Å². The molecule has 0 saturated carbocycles. The average Bonchev–Trinajstić information content (AvgIpc) is 2.55. The molecule has 0 N–H and O–H groups in total. The monoisotopic (exact) mass is 406 g/mol. The Balaban J connectivity index is 2.86. The Morgan fingerprint density at radius 1 is 0.828 bits per heavy atom. The van der Waals surface area contributed by atoms with Gasteiger partial charge >= 0.3 is 11.9 Å². The fourth-order valence-electron chi connectivity index (χ4n) is 2.73. The van der Waals surface area contributed by atoms with Crippen molar-refractivity contribution in [2.24, 2.45) is 11.8 Å². The van der Waals surface area contributed by atoms with Gasteiger partial charge in [-0.3, -0.25) is 9.59 Å². The molecule has 0 radical (unpaired) electrons. The number of hydrogen-bond donors (Lipinski definition) is 0. The smallest absolute Gasteiger partial charge is 0.311 e. The van der Waals surface area contributed by atoms with Gasteiger partial charge in [0, 0.05) is 18.9 Å². The van der Waals surface area contributed by atoms with Crippen LogP contribution in [-0.2, 0) is 9.59 Å². The molecule has 0 spiro atoms. The number of rotatable bonds is 11. The van der Waals surface area contributed by atoms with E-state index in [4.69, 9.17) is 14.2 Å². The number of carbonyl (C=O) groups is 2. The van der Waals surface area contributed by atoms with Crippen LogP contribution < -0.4 is 14.2 Å². The molecule has 0 fully saturated rings. The molecule has 164 valence electrons. The molecular formula is C24H38O5. The second kappa shape index (κ2) is 11.8. The summed E-state index contributed by atoms with van der Waals surface area (Å²) in [6.45, 7) is 14.3. The van der Waals surface area contributed by atoms with E-state index >= 15 is 0 Å². The standard InChI is InChI=1S/C24H38O5/c1-17(2)10-8-12-22(25)27-20-15-14-19(29-24(5,6)7)16-21(20)28-23(26)13-9-11-18(3)4/h14-18H,8-13H2,1-7H3. The van der Waals surface area contributed by atoms with E-state index in [2.05, 4.69) is 27.7 Å². The quantitative estimate of drug-likeness (QED) is 0.317. The summed E-state index contributed by atoms with van der Waals surface area (Å²) < 4.78 is 16.9. The molecule has 0 aromatic heterocycles. The molecule has 1 rings (SSSR count). The highest BCUT2D eigenvalue weighted by atomic mass is 16.6. The Morgan fingerprint density at radius 3 is 1.76 bits per heavy atom. The molecular weight excluding hydrogens is 368 g/mol. The highest BCUT2D eigenvalue weighted by Gasteiger charge is 2.18. The van der Waals surface area contributed by atoms with Gasteiger partial charge in [0.25, 0.3) is 0 Å². The second-order valence-electron chi connectivity index (χ2n) is 9.34. The molecule has 5 nitrogen and oxygen atoms in total. The molecule has 0 amide bonds. The van der Waals surface area contributed by atoms with Crippen molar-refractivity contribution in [3.63, 3.8) is 0 Å². The van der Waals surface area contributed by atoms with Crippen molar-refractivity contribution in [2.75, 3.05) is 0 Å². The van der Waals surface area contributed by atoms with E-state index in [0.29, 0.717) is 30.4 Å². The first-order chi connectivity index (χ1) is 13.5. The molecule has 5 heteroatoms. The summed E-state index contributed by atoms with van der Waals surface area (Å²) in [5, 5.41) is 0. The number of benzene rings is 1. The van der Waals surface area contributed by atoms with Crippen LogP contribution in [0, 0.1) is 11.8 Å². The van der Waals surface area contributed by atoms with Crippen LogP contribution in [0.2, 0.25) is 0 Å². The van der Waals surface area contributed by atoms with Crippen LogP contribution in [0.1, 0.15) is 87.0 Å². The van der Waals surface area contributed by atoms with Crippen LogP contribution in [0.25, 0.3) is 0 Å². The molecule has 0 aliphatic rings. The van der Waals surface area contributed by atoms with Crippen molar-refractivity contribution in [3.8, 4) is 17.2 Å². The Bertz CT molecular complexity index is 656. The van der Waals surface area contributed by atoms with Gasteiger partial charge in [-0.15, -0.1) is 0 Å². The molecule has 0 aliphatic carbocycles. The summed E-state index contributed by atoms with van der Waals surface area (Å²) in [6, 6.07) is 4.96. The van der Waals surface area contributed by atoms with E-state index in [1.165, 1.54) is 0 Å². The molecule has 0 heterocycles. The van der Waals surface area contributed by atoms with Crippen LogP contribution >= 0.6 is 0 Å². The Hall–Kier alpha value is -2.04. The van der Waals surface area contributed by atoms with Crippen LogP contribution in [0.4, 0.5) is 0 Å². The van der Waals surface area contributed by atoms with E-state index in [0.717, 1.165) is 25.7 Å². The molecule has 0 atom stereocenters. The Morgan fingerprint density at radius 2 is 1.31 bits per heavy atom. The van der Waals surface area contributed by atoms with Crippen molar-refractivity contribution in [3.05, 3.63) is 18.2 Å². The van der Waals surface area contributed by atoms with E-state index in [1.807, 2.05) is 20.8 Å². The first kappa shape index (κ1) is 25.0. The second-order valence-corrected chi connectivity index (χ2v) is 9.34. The normalized spacial score (nSPS) is 11.6. The lowest BCUT2D eigenvalue weighted by Gasteiger charge is -2.22. The van der Waals surface area contributed by atoms with Gasteiger partial charge in [0.15, 0.2) is 11.5 Å². The van der Waals surface area contributed by atoms with E-state index < -0.39 is 5.60 Å². The van der Waals surface area contributed by atoms with E-state index in [1.54, 1.807) is 18.2 Å². The summed E-state index contributed by atoms with van der Waals surface area (Å²) in [4.78, 5) is 24.5. The number of carbonyl (C=O) groups excluding carboxylic acids is 2.